The molecule has 0 aliphatic carbocycles. The van der Waals surface area contributed by atoms with Crippen molar-refractivity contribution in [3.8, 4) is 6.07 Å². The van der Waals surface area contributed by atoms with E-state index in [1.54, 1.807) is 0 Å². The molecule has 3 heteroatoms. The molecule has 0 aromatic heterocycles. The minimum absolute atomic E-state index is 0.610. The van der Waals surface area contributed by atoms with Crippen LogP contribution in [0.2, 0.25) is 0 Å². The Labute approximate surface area is 95.3 Å². The second-order valence-corrected chi connectivity index (χ2v) is 4.27. The highest BCUT2D eigenvalue weighted by molar-refractivity contribution is 5.53. The fraction of sp³-hybridized carbons (Fsp3) is 0.462. The molecule has 0 amide bonds. The molecule has 1 aromatic carbocycles. The third-order valence-electron chi connectivity index (χ3n) is 3.12. The summed E-state index contributed by atoms with van der Waals surface area (Å²) in [7, 11) is 0. The molecule has 1 aliphatic heterocycles. The van der Waals surface area contributed by atoms with Gasteiger partial charge in [0, 0.05) is 18.8 Å². The maximum absolute atomic E-state index is 13.0. The Balaban J connectivity index is 2.16. The first-order valence-corrected chi connectivity index (χ1v) is 5.60. The summed E-state index contributed by atoms with van der Waals surface area (Å²) in [5, 5.41) is 8.84. The summed E-state index contributed by atoms with van der Waals surface area (Å²) < 4.78 is 13.0. The zero-order valence-corrected chi connectivity index (χ0v) is 9.41. The molecular formula is C13H15FN2. The fourth-order valence-electron chi connectivity index (χ4n) is 2.08. The highest BCUT2D eigenvalue weighted by Crippen LogP contribution is 2.23. The number of nitrogens with zero attached hydrogens (tertiary/aromatic N) is 2. The van der Waals surface area contributed by atoms with Crippen molar-refractivity contribution < 1.29 is 4.39 Å². The molecule has 84 valence electrons. The monoisotopic (exact) mass is 218 g/mol. The Morgan fingerprint density at radius 2 is 2.06 bits per heavy atom. The summed E-state index contributed by atoms with van der Waals surface area (Å²) in [6.45, 7) is 3.48. The second-order valence-electron chi connectivity index (χ2n) is 4.27. The van der Waals surface area contributed by atoms with Gasteiger partial charge in [0.15, 0.2) is 0 Å². The van der Waals surface area contributed by atoms with E-state index in [1.807, 2.05) is 25.1 Å². The fourth-order valence-corrected chi connectivity index (χ4v) is 2.08. The number of rotatable bonds is 1. The van der Waals surface area contributed by atoms with Crippen molar-refractivity contribution in [2.75, 3.05) is 18.0 Å². The zero-order chi connectivity index (χ0) is 11.5. The molecular weight excluding hydrogens is 203 g/mol. The average Bonchev–Trinajstić information content (AvgIpc) is 2.30. The third-order valence-corrected chi connectivity index (χ3v) is 3.12. The van der Waals surface area contributed by atoms with E-state index in [0.717, 1.165) is 24.3 Å². The molecule has 0 unspecified atom stereocenters. The maximum Gasteiger partial charge on any atom is 0.103 e. The molecule has 1 aromatic rings. The molecule has 0 radical (unpaired) electrons. The van der Waals surface area contributed by atoms with Crippen molar-refractivity contribution in [3.63, 3.8) is 0 Å². The molecule has 0 N–H and O–H groups in total. The van der Waals surface area contributed by atoms with Gasteiger partial charge < -0.3 is 4.90 Å². The van der Waals surface area contributed by atoms with Gasteiger partial charge in [0.25, 0.3) is 0 Å². The van der Waals surface area contributed by atoms with Gasteiger partial charge in [-0.05, 0) is 43.5 Å². The molecule has 1 fully saturated rings. The quantitative estimate of drug-likeness (QED) is 0.724. The van der Waals surface area contributed by atoms with Gasteiger partial charge in [0.05, 0.1) is 11.6 Å². The highest BCUT2D eigenvalue weighted by atomic mass is 19.1. The van der Waals surface area contributed by atoms with Gasteiger partial charge in [-0.2, -0.15) is 5.26 Å². The van der Waals surface area contributed by atoms with Crippen LogP contribution < -0.4 is 4.90 Å². The van der Waals surface area contributed by atoms with E-state index in [0.29, 0.717) is 18.4 Å². The van der Waals surface area contributed by atoms with Crippen molar-refractivity contribution in [2.45, 2.75) is 25.9 Å². The van der Waals surface area contributed by atoms with Crippen LogP contribution in [-0.2, 0) is 0 Å². The van der Waals surface area contributed by atoms with E-state index in [9.17, 15) is 4.39 Å². The van der Waals surface area contributed by atoms with Crippen molar-refractivity contribution >= 4 is 5.69 Å². The summed E-state index contributed by atoms with van der Waals surface area (Å²) in [6, 6.07) is 7.95. The molecule has 1 aliphatic rings. The summed E-state index contributed by atoms with van der Waals surface area (Å²) >= 11 is 0. The molecule has 0 bridgehead atoms. The number of nitriles is 1. The summed E-state index contributed by atoms with van der Waals surface area (Å²) in [6.07, 6.45) is 0.577. The maximum atomic E-state index is 13.0. The van der Waals surface area contributed by atoms with E-state index in [-0.39, 0.29) is 0 Å². The highest BCUT2D eigenvalue weighted by Gasteiger charge is 2.18. The number of hydrogen-bond donors (Lipinski definition) is 0. The van der Waals surface area contributed by atoms with Gasteiger partial charge in [0.1, 0.15) is 6.17 Å². The smallest absolute Gasteiger partial charge is 0.103 e. The Morgan fingerprint density at radius 1 is 1.38 bits per heavy atom. The first-order chi connectivity index (χ1) is 7.70. The topological polar surface area (TPSA) is 27.0 Å². The predicted molar refractivity (Wildman–Crippen MR) is 62.2 cm³/mol. The van der Waals surface area contributed by atoms with E-state index < -0.39 is 6.17 Å². The van der Waals surface area contributed by atoms with Gasteiger partial charge in [-0.1, -0.05) is 0 Å². The molecule has 0 atom stereocenters. The van der Waals surface area contributed by atoms with Crippen LogP contribution in [0.15, 0.2) is 18.2 Å². The van der Waals surface area contributed by atoms with E-state index in [2.05, 4.69) is 11.0 Å². The molecule has 2 rings (SSSR count). The van der Waals surface area contributed by atoms with Crippen LogP contribution in [0.3, 0.4) is 0 Å². The van der Waals surface area contributed by atoms with Gasteiger partial charge in [-0.25, -0.2) is 4.39 Å². The first-order valence-electron chi connectivity index (χ1n) is 5.60. The summed E-state index contributed by atoms with van der Waals surface area (Å²) in [5.41, 5.74) is 2.80. The number of anilines is 1. The van der Waals surface area contributed by atoms with Crippen LogP contribution in [0.1, 0.15) is 24.0 Å². The number of hydrogen-bond acceptors (Lipinski definition) is 2. The van der Waals surface area contributed by atoms with Crippen LogP contribution in [-0.4, -0.2) is 19.3 Å². The lowest BCUT2D eigenvalue weighted by atomic mass is 10.1. The van der Waals surface area contributed by atoms with Gasteiger partial charge in [-0.3, -0.25) is 0 Å². The van der Waals surface area contributed by atoms with Crippen LogP contribution in [0.5, 0.6) is 0 Å². The first kappa shape index (κ1) is 10.9. The summed E-state index contributed by atoms with van der Waals surface area (Å²) in [5.74, 6) is 0. The number of benzene rings is 1. The lowest BCUT2D eigenvalue weighted by Gasteiger charge is -2.30. The standard InChI is InChI=1S/C13H15FN2/c1-10-8-13(3-2-11(10)9-15)16-6-4-12(14)5-7-16/h2-3,8,12H,4-7H2,1H3. The van der Waals surface area contributed by atoms with E-state index >= 15 is 0 Å². The van der Waals surface area contributed by atoms with E-state index in [1.165, 1.54) is 0 Å². The van der Waals surface area contributed by atoms with Gasteiger partial charge >= 0.3 is 0 Å². The molecule has 1 heterocycles. The van der Waals surface area contributed by atoms with Crippen molar-refractivity contribution in [1.82, 2.24) is 0 Å². The lowest BCUT2D eigenvalue weighted by Crippen LogP contribution is -2.34. The molecule has 1 saturated heterocycles. The Hall–Kier alpha value is -1.56. The van der Waals surface area contributed by atoms with Gasteiger partial charge in [-0.15, -0.1) is 0 Å². The van der Waals surface area contributed by atoms with Crippen LogP contribution in [0, 0.1) is 18.3 Å². The number of aryl methyl sites for hydroxylation is 1. The zero-order valence-electron chi connectivity index (χ0n) is 9.41. The normalized spacial score (nSPS) is 17.2. The van der Waals surface area contributed by atoms with Crippen LogP contribution in [0.25, 0.3) is 0 Å². The third kappa shape index (κ3) is 2.16. The Morgan fingerprint density at radius 3 is 2.62 bits per heavy atom. The average molecular weight is 218 g/mol. The Kier molecular flexibility index (Phi) is 3.09. The van der Waals surface area contributed by atoms with Crippen LogP contribution >= 0.6 is 0 Å². The van der Waals surface area contributed by atoms with Crippen molar-refractivity contribution in [2.24, 2.45) is 0 Å². The van der Waals surface area contributed by atoms with Crippen molar-refractivity contribution in [1.29, 1.82) is 5.26 Å². The molecule has 16 heavy (non-hydrogen) atoms. The number of piperidine rings is 1. The number of halogens is 1. The molecule has 0 spiro atoms. The Bertz CT molecular complexity index is 414. The van der Waals surface area contributed by atoms with Crippen LogP contribution in [0.4, 0.5) is 10.1 Å². The van der Waals surface area contributed by atoms with Crippen molar-refractivity contribution in [3.05, 3.63) is 29.3 Å². The second kappa shape index (κ2) is 4.52. The largest absolute Gasteiger partial charge is 0.371 e. The molecule has 0 saturated carbocycles. The lowest BCUT2D eigenvalue weighted by molar-refractivity contribution is 0.277. The number of alkyl halides is 1. The van der Waals surface area contributed by atoms with E-state index in [4.69, 9.17) is 5.26 Å². The molecule has 2 nitrogen and oxygen atoms in total. The minimum Gasteiger partial charge on any atom is -0.371 e. The summed E-state index contributed by atoms with van der Waals surface area (Å²) in [4.78, 5) is 2.18. The van der Waals surface area contributed by atoms with Gasteiger partial charge in [0.2, 0.25) is 0 Å². The predicted octanol–water partition coefficient (Wildman–Crippen LogP) is 2.81. The SMILES string of the molecule is Cc1cc(N2CCC(F)CC2)ccc1C#N. The minimum atomic E-state index is -0.643.